The first-order chi connectivity index (χ1) is 12.7. The Hall–Kier alpha value is -1.78. The van der Waals surface area contributed by atoms with Crippen molar-refractivity contribution in [2.24, 2.45) is 0 Å². The zero-order chi connectivity index (χ0) is 18.2. The van der Waals surface area contributed by atoms with E-state index in [0.717, 1.165) is 45.8 Å². The Balaban J connectivity index is 1.46. The molecule has 0 spiro atoms. The third-order valence-corrected chi connectivity index (χ3v) is 6.00. The predicted octanol–water partition coefficient (Wildman–Crippen LogP) is 5.96. The molecule has 0 aliphatic rings. The molecule has 0 aliphatic carbocycles. The van der Waals surface area contributed by atoms with Crippen molar-refractivity contribution in [1.82, 2.24) is 9.97 Å². The van der Waals surface area contributed by atoms with Gasteiger partial charge in [-0.3, -0.25) is 9.97 Å². The zero-order valence-electron chi connectivity index (χ0n) is 15.3. The Kier molecular flexibility index (Phi) is 7.15. The zero-order valence-corrected chi connectivity index (χ0v) is 16.9. The Bertz CT molecular complexity index is 782. The molecule has 2 aromatic heterocycles. The largest absolute Gasteiger partial charge is 0.257 e. The molecule has 2 nitrogen and oxygen atoms in total. The fraction of sp³-hybridized carbons (Fsp3) is 0.273. The van der Waals surface area contributed by atoms with Gasteiger partial charge in [0.25, 0.3) is 0 Å². The van der Waals surface area contributed by atoms with Crippen LogP contribution in [0.3, 0.4) is 0 Å². The highest BCUT2D eigenvalue weighted by Gasteiger charge is 2.01. The summed E-state index contributed by atoms with van der Waals surface area (Å²) in [6.07, 6.45) is 0. The molecule has 0 bridgehead atoms. The maximum atomic E-state index is 4.57. The summed E-state index contributed by atoms with van der Waals surface area (Å²) in [5.41, 5.74) is 7.26. The Morgan fingerprint density at radius 1 is 0.615 bits per heavy atom. The fourth-order valence-electron chi connectivity index (χ4n) is 2.72. The second-order valence-corrected chi connectivity index (χ2v) is 8.32. The molecule has 26 heavy (non-hydrogen) atoms. The van der Waals surface area contributed by atoms with Gasteiger partial charge in [-0.05, 0) is 49.2 Å². The number of hydrogen-bond donors (Lipinski definition) is 0. The fourth-order valence-corrected chi connectivity index (χ4v) is 4.49. The molecule has 0 saturated carbocycles. The van der Waals surface area contributed by atoms with Gasteiger partial charge in [0, 0.05) is 34.4 Å². The van der Waals surface area contributed by atoms with E-state index in [2.05, 4.69) is 58.5 Å². The summed E-state index contributed by atoms with van der Waals surface area (Å²) in [6.45, 7) is 4.09. The van der Waals surface area contributed by atoms with Crippen LogP contribution >= 0.6 is 23.5 Å². The molecular weight excluding hydrogens is 356 g/mol. The minimum Gasteiger partial charge on any atom is -0.257 e. The average Bonchev–Trinajstić information content (AvgIpc) is 2.62. The SMILES string of the molecule is Cc1cccc(CSCc2cccc(CSCc3cccc(C)n3)c2)n1. The molecule has 134 valence electrons. The molecule has 0 N–H and O–H groups in total. The van der Waals surface area contributed by atoms with Gasteiger partial charge in [0.2, 0.25) is 0 Å². The van der Waals surface area contributed by atoms with E-state index in [-0.39, 0.29) is 0 Å². The number of pyridine rings is 2. The second kappa shape index (κ2) is 9.79. The summed E-state index contributed by atoms with van der Waals surface area (Å²) >= 11 is 3.84. The van der Waals surface area contributed by atoms with Crippen LogP contribution in [0, 0.1) is 13.8 Å². The molecule has 0 saturated heterocycles. The molecule has 3 aromatic rings. The molecule has 2 heterocycles. The van der Waals surface area contributed by atoms with Gasteiger partial charge in [-0.1, -0.05) is 36.4 Å². The molecule has 0 fully saturated rings. The first kappa shape index (κ1) is 19.0. The van der Waals surface area contributed by atoms with Crippen LogP contribution in [0.4, 0.5) is 0 Å². The van der Waals surface area contributed by atoms with E-state index >= 15 is 0 Å². The van der Waals surface area contributed by atoms with Crippen molar-refractivity contribution in [3.05, 3.63) is 94.6 Å². The lowest BCUT2D eigenvalue weighted by Crippen LogP contribution is -1.91. The second-order valence-electron chi connectivity index (χ2n) is 6.35. The maximum Gasteiger partial charge on any atom is 0.0505 e. The Labute approximate surface area is 164 Å². The summed E-state index contributed by atoms with van der Waals surface area (Å²) in [5.74, 6) is 3.96. The topological polar surface area (TPSA) is 25.8 Å². The molecule has 0 aliphatic heterocycles. The van der Waals surface area contributed by atoms with Gasteiger partial charge in [0.05, 0.1) is 11.4 Å². The molecule has 0 radical (unpaired) electrons. The summed E-state index contributed by atoms with van der Waals surface area (Å²) in [7, 11) is 0. The van der Waals surface area contributed by atoms with E-state index < -0.39 is 0 Å². The first-order valence-corrected chi connectivity index (χ1v) is 11.1. The molecule has 1 aromatic carbocycles. The van der Waals surface area contributed by atoms with Crippen LogP contribution in [0.1, 0.15) is 33.9 Å². The first-order valence-electron chi connectivity index (χ1n) is 8.77. The molecule has 3 rings (SSSR count). The molecule has 0 atom stereocenters. The van der Waals surface area contributed by atoms with E-state index in [1.54, 1.807) is 0 Å². The summed E-state index contributed by atoms with van der Waals surface area (Å²) in [4.78, 5) is 9.13. The normalized spacial score (nSPS) is 10.8. The summed E-state index contributed by atoms with van der Waals surface area (Å²) in [5, 5.41) is 0. The van der Waals surface area contributed by atoms with E-state index in [4.69, 9.17) is 0 Å². The number of nitrogens with zero attached hydrogens (tertiary/aromatic N) is 2. The van der Waals surface area contributed by atoms with E-state index in [0.29, 0.717) is 0 Å². The number of thioether (sulfide) groups is 2. The van der Waals surface area contributed by atoms with Crippen LogP contribution in [0.2, 0.25) is 0 Å². The Morgan fingerprint density at radius 3 is 1.54 bits per heavy atom. The number of benzene rings is 1. The number of hydrogen-bond acceptors (Lipinski definition) is 4. The predicted molar refractivity (Wildman–Crippen MR) is 114 cm³/mol. The minimum absolute atomic E-state index is 0.958. The minimum atomic E-state index is 0.958. The van der Waals surface area contributed by atoms with E-state index in [1.807, 2.05) is 49.5 Å². The van der Waals surface area contributed by atoms with Gasteiger partial charge >= 0.3 is 0 Å². The van der Waals surface area contributed by atoms with Gasteiger partial charge in [-0.15, -0.1) is 0 Å². The third-order valence-electron chi connectivity index (χ3n) is 3.92. The van der Waals surface area contributed by atoms with Crippen molar-refractivity contribution < 1.29 is 0 Å². The van der Waals surface area contributed by atoms with Gasteiger partial charge in [-0.25, -0.2) is 0 Å². The van der Waals surface area contributed by atoms with E-state index in [9.17, 15) is 0 Å². The van der Waals surface area contributed by atoms with Crippen molar-refractivity contribution in [2.75, 3.05) is 0 Å². The standard InChI is InChI=1S/C22H24N2S2/c1-17-6-3-10-21(23-17)15-25-13-19-8-5-9-20(12-19)14-26-16-22-11-4-7-18(2)24-22/h3-12H,13-16H2,1-2H3. The lowest BCUT2D eigenvalue weighted by Gasteiger charge is -2.06. The maximum absolute atomic E-state index is 4.57. The highest BCUT2D eigenvalue weighted by Crippen LogP contribution is 2.21. The monoisotopic (exact) mass is 380 g/mol. The smallest absolute Gasteiger partial charge is 0.0505 e. The van der Waals surface area contributed by atoms with Crippen molar-refractivity contribution in [1.29, 1.82) is 0 Å². The van der Waals surface area contributed by atoms with Crippen molar-refractivity contribution in [3.8, 4) is 0 Å². The average molecular weight is 381 g/mol. The van der Waals surface area contributed by atoms with Crippen LogP contribution in [-0.4, -0.2) is 9.97 Å². The summed E-state index contributed by atoms with van der Waals surface area (Å²) < 4.78 is 0. The quantitative estimate of drug-likeness (QED) is 0.481. The molecule has 4 heteroatoms. The Morgan fingerprint density at radius 2 is 1.08 bits per heavy atom. The van der Waals surface area contributed by atoms with Crippen LogP contribution in [-0.2, 0) is 23.0 Å². The van der Waals surface area contributed by atoms with Crippen molar-refractivity contribution >= 4 is 23.5 Å². The number of aromatic nitrogens is 2. The van der Waals surface area contributed by atoms with Crippen LogP contribution < -0.4 is 0 Å². The van der Waals surface area contributed by atoms with Gasteiger partial charge in [0.1, 0.15) is 0 Å². The third kappa shape index (κ3) is 6.19. The van der Waals surface area contributed by atoms with Gasteiger partial charge in [0.15, 0.2) is 0 Å². The van der Waals surface area contributed by atoms with Crippen LogP contribution in [0.5, 0.6) is 0 Å². The van der Waals surface area contributed by atoms with Crippen LogP contribution in [0.15, 0.2) is 60.7 Å². The molecule has 0 unspecified atom stereocenters. The highest BCUT2D eigenvalue weighted by atomic mass is 32.2. The van der Waals surface area contributed by atoms with E-state index in [1.165, 1.54) is 11.1 Å². The van der Waals surface area contributed by atoms with Crippen molar-refractivity contribution in [3.63, 3.8) is 0 Å². The highest BCUT2D eigenvalue weighted by molar-refractivity contribution is 7.98. The molecule has 0 amide bonds. The number of aryl methyl sites for hydroxylation is 2. The lowest BCUT2D eigenvalue weighted by atomic mass is 10.2. The van der Waals surface area contributed by atoms with Gasteiger partial charge < -0.3 is 0 Å². The van der Waals surface area contributed by atoms with Gasteiger partial charge in [-0.2, -0.15) is 23.5 Å². The number of rotatable bonds is 8. The molecular formula is C22H24N2S2. The lowest BCUT2D eigenvalue weighted by molar-refractivity contribution is 1.10. The van der Waals surface area contributed by atoms with Crippen molar-refractivity contribution in [2.45, 2.75) is 36.9 Å². The van der Waals surface area contributed by atoms with Crippen LogP contribution in [0.25, 0.3) is 0 Å². The summed E-state index contributed by atoms with van der Waals surface area (Å²) in [6, 6.07) is 21.4.